The van der Waals surface area contributed by atoms with Gasteiger partial charge in [-0.1, -0.05) is 12.1 Å². The summed E-state index contributed by atoms with van der Waals surface area (Å²) in [7, 11) is 1.70. The van der Waals surface area contributed by atoms with Crippen molar-refractivity contribution >= 4 is 11.9 Å². The van der Waals surface area contributed by atoms with Gasteiger partial charge < -0.3 is 20.3 Å². The van der Waals surface area contributed by atoms with Crippen LogP contribution in [0.4, 0.5) is 0 Å². The number of nitrogens with one attached hydrogen (secondary N) is 2. The van der Waals surface area contributed by atoms with Crippen molar-refractivity contribution in [2.24, 2.45) is 10.9 Å². The van der Waals surface area contributed by atoms with E-state index in [9.17, 15) is 4.79 Å². The Morgan fingerprint density at radius 1 is 1.31 bits per heavy atom. The Bertz CT molecular complexity index is 595. The zero-order chi connectivity index (χ0) is 18.8. The fourth-order valence-corrected chi connectivity index (χ4v) is 3.21. The molecule has 2 rings (SSSR count). The van der Waals surface area contributed by atoms with Crippen LogP contribution in [0, 0.1) is 5.92 Å². The van der Waals surface area contributed by atoms with E-state index in [0.29, 0.717) is 25.5 Å². The molecule has 26 heavy (non-hydrogen) atoms. The molecule has 1 aliphatic heterocycles. The molecule has 1 fully saturated rings. The summed E-state index contributed by atoms with van der Waals surface area (Å²) < 4.78 is 5.56. The van der Waals surface area contributed by atoms with Crippen molar-refractivity contribution in [2.45, 2.75) is 39.7 Å². The van der Waals surface area contributed by atoms with E-state index in [1.54, 1.807) is 7.05 Å². The van der Waals surface area contributed by atoms with E-state index in [0.717, 1.165) is 49.7 Å². The largest absolute Gasteiger partial charge is 0.494 e. The van der Waals surface area contributed by atoms with Gasteiger partial charge in [-0.3, -0.25) is 4.79 Å². The highest BCUT2D eigenvalue weighted by Crippen LogP contribution is 2.21. The Labute approximate surface area is 157 Å². The molecular weight excluding hydrogens is 328 g/mol. The van der Waals surface area contributed by atoms with E-state index in [1.165, 1.54) is 0 Å². The van der Waals surface area contributed by atoms with Gasteiger partial charge in [0.05, 0.1) is 13.2 Å². The molecule has 1 aliphatic rings. The Hall–Kier alpha value is -2.24. The molecule has 0 aliphatic carbocycles. The summed E-state index contributed by atoms with van der Waals surface area (Å²) in [5, 5.41) is 6.11. The zero-order valence-electron chi connectivity index (χ0n) is 16.3. The molecule has 1 aromatic rings. The maximum atomic E-state index is 11.6. The molecule has 1 heterocycles. The second kappa shape index (κ2) is 10.7. The van der Waals surface area contributed by atoms with Crippen molar-refractivity contribution in [1.29, 1.82) is 0 Å². The molecule has 0 atom stereocenters. The van der Waals surface area contributed by atoms with E-state index in [2.05, 4.69) is 28.5 Å². The topological polar surface area (TPSA) is 66.0 Å². The summed E-state index contributed by atoms with van der Waals surface area (Å²) in [6, 6.07) is 8.10. The van der Waals surface area contributed by atoms with Crippen LogP contribution in [0.3, 0.4) is 0 Å². The summed E-state index contributed by atoms with van der Waals surface area (Å²) in [6.07, 6.45) is 2.68. The van der Waals surface area contributed by atoms with Crippen molar-refractivity contribution in [3.05, 3.63) is 29.8 Å². The standard InChI is InChI=1S/C20H32N4O2/c1-4-22-20(23-15-17-7-6-8-18(13-17)26-5-2)24-11-9-16(10-12-24)14-19(25)21-3/h6-8,13,16H,4-5,9-12,14-15H2,1-3H3,(H,21,25)(H,22,23). The van der Waals surface area contributed by atoms with Gasteiger partial charge in [-0.25, -0.2) is 4.99 Å². The van der Waals surface area contributed by atoms with Gasteiger partial charge in [0, 0.05) is 33.1 Å². The highest BCUT2D eigenvalue weighted by atomic mass is 16.5. The molecule has 0 unspecified atom stereocenters. The number of guanidine groups is 1. The average Bonchev–Trinajstić information content (AvgIpc) is 2.66. The number of nitrogens with zero attached hydrogens (tertiary/aromatic N) is 2. The minimum absolute atomic E-state index is 0.137. The molecular formula is C20H32N4O2. The second-order valence-electron chi connectivity index (χ2n) is 6.56. The van der Waals surface area contributed by atoms with Crippen molar-refractivity contribution in [3.8, 4) is 5.75 Å². The van der Waals surface area contributed by atoms with Gasteiger partial charge in [0.15, 0.2) is 5.96 Å². The van der Waals surface area contributed by atoms with Crippen LogP contribution in [0.2, 0.25) is 0 Å². The van der Waals surface area contributed by atoms with Crippen molar-refractivity contribution in [3.63, 3.8) is 0 Å². The highest BCUT2D eigenvalue weighted by molar-refractivity contribution is 5.80. The maximum Gasteiger partial charge on any atom is 0.220 e. The number of carbonyl (C=O) groups is 1. The first-order valence-corrected chi connectivity index (χ1v) is 9.61. The lowest BCUT2D eigenvalue weighted by molar-refractivity contribution is -0.121. The van der Waals surface area contributed by atoms with Crippen LogP contribution < -0.4 is 15.4 Å². The maximum absolute atomic E-state index is 11.6. The van der Waals surface area contributed by atoms with E-state index < -0.39 is 0 Å². The van der Waals surface area contributed by atoms with Crippen molar-refractivity contribution in [1.82, 2.24) is 15.5 Å². The molecule has 2 N–H and O–H groups in total. The van der Waals surface area contributed by atoms with Crippen molar-refractivity contribution in [2.75, 3.05) is 33.3 Å². The minimum Gasteiger partial charge on any atom is -0.494 e. The lowest BCUT2D eigenvalue weighted by Gasteiger charge is -2.34. The Balaban J connectivity index is 1.94. The number of carbonyl (C=O) groups excluding carboxylic acids is 1. The first-order valence-electron chi connectivity index (χ1n) is 9.61. The smallest absolute Gasteiger partial charge is 0.220 e. The Kier molecular flexibility index (Phi) is 8.25. The summed E-state index contributed by atoms with van der Waals surface area (Å²) >= 11 is 0. The van der Waals surface area contributed by atoms with E-state index >= 15 is 0 Å². The minimum atomic E-state index is 0.137. The lowest BCUT2D eigenvalue weighted by Crippen LogP contribution is -2.46. The molecule has 1 aromatic carbocycles. The summed E-state index contributed by atoms with van der Waals surface area (Å²) in [6.45, 7) is 8.09. The van der Waals surface area contributed by atoms with Crippen LogP contribution in [-0.2, 0) is 11.3 Å². The third-order valence-corrected chi connectivity index (χ3v) is 4.62. The zero-order valence-corrected chi connectivity index (χ0v) is 16.3. The molecule has 1 saturated heterocycles. The normalized spacial score (nSPS) is 15.7. The van der Waals surface area contributed by atoms with Crippen LogP contribution in [0.5, 0.6) is 5.75 Å². The number of benzene rings is 1. The molecule has 144 valence electrons. The third-order valence-electron chi connectivity index (χ3n) is 4.62. The second-order valence-corrected chi connectivity index (χ2v) is 6.56. The Morgan fingerprint density at radius 2 is 2.08 bits per heavy atom. The van der Waals surface area contributed by atoms with E-state index in [1.807, 2.05) is 25.1 Å². The van der Waals surface area contributed by atoms with Gasteiger partial charge in [0.2, 0.25) is 5.91 Å². The van der Waals surface area contributed by atoms with Crippen LogP contribution in [0.1, 0.15) is 38.7 Å². The first kappa shape index (κ1) is 20.1. The summed E-state index contributed by atoms with van der Waals surface area (Å²) in [4.78, 5) is 18.7. The van der Waals surface area contributed by atoms with Gasteiger partial charge in [0.1, 0.15) is 5.75 Å². The van der Waals surface area contributed by atoms with Crippen LogP contribution in [0.25, 0.3) is 0 Å². The molecule has 0 bridgehead atoms. The number of piperidine rings is 1. The fraction of sp³-hybridized carbons (Fsp3) is 0.600. The van der Waals surface area contributed by atoms with Crippen LogP contribution in [0.15, 0.2) is 29.3 Å². The van der Waals surface area contributed by atoms with Crippen LogP contribution >= 0.6 is 0 Å². The van der Waals surface area contributed by atoms with Crippen molar-refractivity contribution < 1.29 is 9.53 Å². The van der Waals surface area contributed by atoms with Gasteiger partial charge >= 0.3 is 0 Å². The first-order chi connectivity index (χ1) is 12.7. The number of ether oxygens (including phenoxy) is 1. The van der Waals surface area contributed by atoms with E-state index in [-0.39, 0.29) is 5.91 Å². The molecule has 1 amide bonds. The Morgan fingerprint density at radius 3 is 2.73 bits per heavy atom. The molecule has 0 spiro atoms. The van der Waals surface area contributed by atoms with Crippen LogP contribution in [-0.4, -0.2) is 50.1 Å². The molecule has 6 nitrogen and oxygen atoms in total. The highest BCUT2D eigenvalue weighted by Gasteiger charge is 2.23. The molecule has 6 heteroatoms. The number of aliphatic imine (C=N–C) groups is 1. The number of rotatable bonds is 7. The molecule has 0 aromatic heterocycles. The predicted molar refractivity (Wildman–Crippen MR) is 105 cm³/mol. The van der Waals surface area contributed by atoms with Gasteiger partial charge in [-0.15, -0.1) is 0 Å². The average molecular weight is 361 g/mol. The SMILES string of the molecule is CCNC(=NCc1cccc(OCC)c1)N1CCC(CC(=O)NC)CC1. The predicted octanol–water partition coefficient (Wildman–Crippen LogP) is 2.40. The fourth-order valence-electron chi connectivity index (χ4n) is 3.21. The third kappa shape index (κ3) is 6.24. The van der Waals surface area contributed by atoms with E-state index in [4.69, 9.17) is 9.73 Å². The molecule has 0 saturated carbocycles. The summed E-state index contributed by atoms with van der Waals surface area (Å²) in [5.74, 6) is 2.45. The number of likely N-dealkylation sites (tertiary alicyclic amines) is 1. The molecule has 0 radical (unpaired) electrons. The van der Waals surface area contributed by atoms with Gasteiger partial charge in [-0.2, -0.15) is 0 Å². The van der Waals surface area contributed by atoms with Gasteiger partial charge in [0.25, 0.3) is 0 Å². The van der Waals surface area contributed by atoms with Gasteiger partial charge in [-0.05, 0) is 50.3 Å². The monoisotopic (exact) mass is 360 g/mol. The summed E-state index contributed by atoms with van der Waals surface area (Å²) in [5.41, 5.74) is 1.14. The number of amides is 1. The lowest BCUT2D eigenvalue weighted by atomic mass is 9.93. The quantitative estimate of drug-likeness (QED) is 0.579. The number of hydrogen-bond acceptors (Lipinski definition) is 3. The number of hydrogen-bond donors (Lipinski definition) is 2.